The van der Waals surface area contributed by atoms with Gasteiger partial charge in [0.1, 0.15) is 5.70 Å². The van der Waals surface area contributed by atoms with Crippen LogP contribution in [-0.2, 0) is 4.79 Å². The summed E-state index contributed by atoms with van der Waals surface area (Å²) in [5.74, 6) is 0.626. The minimum Gasteiger partial charge on any atom is -0.381 e. The highest BCUT2D eigenvalue weighted by molar-refractivity contribution is 8.03. The number of nitrogens with one attached hydrogen (secondary N) is 2. The van der Waals surface area contributed by atoms with Crippen molar-refractivity contribution in [2.24, 2.45) is 4.99 Å². The molecule has 21 heavy (non-hydrogen) atoms. The lowest BCUT2D eigenvalue weighted by Crippen LogP contribution is -2.09. The molecule has 0 radical (unpaired) electrons. The molecule has 0 fully saturated rings. The van der Waals surface area contributed by atoms with E-state index in [9.17, 15) is 4.79 Å². The molecule has 0 unspecified atom stereocenters. The summed E-state index contributed by atoms with van der Waals surface area (Å²) >= 11 is 1.47. The van der Waals surface area contributed by atoms with E-state index in [1.807, 2.05) is 18.2 Å². The largest absolute Gasteiger partial charge is 0.381 e. The molecule has 0 saturated heterocycles. The van der Waals surface area contributed by atoms with Crippen LogP contribution in [0.5, 0.6) is 0 Å². The number of carbonyl (C=O) groups is 1. The van der Waals surface area contributed by atoms with Crippen molar-refractivity contribution in [2.75, 3.05) is 18.2 Å². The molecule has 0 aliphatic carbocycles. The van der Waals surface area contributed by atoms with Crippen LogP contribution in [0.3, 0.4) is 0 Å². The normalized spacial score (nSPS) is 11.7. The maximum absolute atomic E-state index is 10.9. The van der Waals surface area contributed by atoms with E-state index in [-0.39, 0.29) is 0 Å². The number of hydrogen-bond donors (Lipinski definition) is 2. The van der Waals surface area contributed by atoms with Crippen LogP contribution < -0.4 is 10.6 Å². The highest BCUT2D eigenvalue weighted by Gasteiger charge is 2.03. The summed E-state index contributed by atoms with van der Waals surface area (Å²) in [6.45, 7) is 3.39. The highest BCUT2D eigenvalue weighted by atomic mass is 32.2. The zero-order chi connectivity index (χ0) is 15.1. The summed E-state index contributed by atoms with van der Waals surface area (Å²) in [6.07, 6.45) is 0.696. The van der Waals surface area contributed by atoms with Gasteiger partial charge >= 0.3 is 0 Å². The monoisotopic (exact) mass is 299 g/mol. The van der Waals surface area contributed by atoms with Crippen molar-refractivity contribution in [3.05, 3.63) is 53.2 Å². The van der Waals surface area contributed by atoms with Gasteiger partial charge in [-0.25, -0.2) is 0 Å². The van der Waals surface area contributed by atoms with Crippen molar-refractivity contribution in [3.63, 3.8) is 0 Å². The second-order valence-corrected chi connectivity index (χ2v) is 5.25. The van der Waals surface area contributed by atoms with Gasteiger partial charge in [-0.2, -0.15) is 0 Å². The van der Waals surface area contributed by atoms with Crippen LogP contribution in [-0.4, -0.2) is 25.9 Å². The summed E-state index contributed by atoms with van der Waals surface area (Å²) < 4.78 is 0. The minimum atomic E-state index is 0.322. The molecule has 0 aliphatic heterocycles. The maximum atomic E-state index is 10.9. The molecule has 2 aromatic carbocycles. The van der Waals surface area contributed by atoms with Gasteiger partial charge < -0.3 is 10.6 Å². The Morgan fingerprint density at radius 3 is 2.71 bits per heavy atom. The van der Waals surface area contributed by atoms with Gasteiger partial charge in [0.25, 0.3) is 0 Å². The summed E-state index contributed by atoms with van der Waals surface area (Å²) in [7, 11) is 1.76. The zero-order valence-electron chi connectivity index (χ0n) is 11.8. The molecule has 2 aromatic rings. The molecule has 2 N–H and O–H groups in total. The molecule has 2 rings (SSSR count). The number of thioether (sulfide) groups is 1. The first-order valence-electron chi connectivity index (χ1n) is 6.48. The van der Waals surface area contributed by atoms with Gasteiger partial charge in [-0.15, -0.1) is 0 Å². The average molecular weight is 299 g/mol. The van der Waals surface area contributed by atoms with Crippen LogP contribution in [0.15, 0.2) is 58.2 Å². The van der Waals surface area contributed by atoms with Gasteiger partial charge in [-0.1, -0.05) is 42.1 Å². The third-order valence-electron chi connectivity index (χ3n) is 2.98. The van der Waals surface area contributed by atoms with Crippen LogP contribution in [0.1, 0.15) is 0 Å². The van der Waals surface area contributed by atoms with Gasteiger partial charge in [0, 0.05) is 12.7 Å². The molecule has 0 amide bonds. The van der Waals surface area contributed by atoms with Crippen LogP contribution in [0.25, 0.3) is 10.8 Å². The summed E-state index contributed by atoms with van der Waals surface area (Å²) in [6, 6.07) is 14.4. The number of aldehydes is 1. The molecule has 0 bridgehead atoms. The van der Waals surface area contributed by atoms with Gasteiger partial charge in [0.2, 0.25) is 0 Å². The van der Waals surface area contributed by atoms with E-state index >= 15 is 0 Å². The number of allylic oxidation sites excluding steroid dienone is 1. The maximum Gasteiger partial charge on any atom is 0.171 e. The van der Waals surface area contributed by atoms with Gasteiger partial charge in [-0.05, 0) is 29.6 Å². The van der Waals surface area contributed by atoms with Crippen molar-refractivity contribution in [2.45, 2.75) is 0 Å². The lowest BCUT2D eigenvalue weighted by Gasteiger charge is -2.10. The van der Waals surface area contributed by atoms with Crippen LogP contribution in [0, 0.1) is 0 Å². The van der Waals surface area contributed by atoms with E-state index < -0.39 is 0 Å². The molecule has 4 nitrogen and oxygen atoms in total. The molecule has 108 valence electrons. The second kappa shape index (κ2) is 7.50. The fraction of sp³-hybridized carbons (Fsp3) is 0.125. The van der Waals surface area contributed by atoms with E-state index in [1.54, 1.807) is 7.05 Å². The van der Waals surface area contributed by atoms with Gasteiger partial charge in [0.15, 0.2) is 6.29 Å². The Morgan fingerprint density at radius 2 is 2.05 bits per heavy atom. The molecular weight excluding hydrogens is 282 g/mol. The number of benzene rings is 2. The van der Waals surface area contributed by atoms with Crippen molar-refractivity contribution >= 4 is 41.2 Å². The molecule has 0 aliphatic rings. The number of anilines is 1. The van der Waals surface area contributed by atoms with Crippen LogP contribution in [0.4, 0.5) is 5.69 Å². The second-order valence-electron chi connectivity index (χ2n) is 4.27. The third kappa shape index (κ3) is 3.86. The van der Waals surface area contributed by atoms with Crippen molar-refractivity contribution in [1.82, 2.24) is 5.32 Å². The van der Waals surface area contributed by atoms with Gasteiger partial charge in [0.05, 0.1) is 10.9 Å². The van der Waals surface area contributed by atoms with E-state index in [1.165, 1.54) is 22.5 Å². The zero-order valence-corrected chi connectivity index (χ0v) is 12.6. The predicted molar refractivity (Wildman–Crippen MR) is 91.7 cm³/mol. The SMILES string of the molecule is C=N/C(C=O)=C(/NC)SCNc1ccc2ccccc2c1. The molecule has 0 heterocycles. The number of hydrogen-bond acceptors (Lipinski definition) is 5. The first-order chi connectivity index (χ1) is 10.3. The Hall–Kier alpha value is -2.27. The predicted octanol–water partition coefficient (Wildman–Crippen LogP) is 3.23. The Balaban J connectivity index is 2.03. The van der Waals surface area contributed by atoms with Crippen molar-refractivity contribution in [1.29, 1.82) is 0 Å². The summed E-state index contributed by atoms with van der Waals surface area (Å²) in [5, 5.41) is 9.38. The molecule has 5 heteroatoms. The average Bonchev–Trinajstić information content (AvgIpc) is 2.54. The number of nitrogens with zero attached hydrogens (tertiary/aromatic N) is 1. The standard InChI is InChI=1S/C16H17N3OS/c1-17-15(10-20)16(18-2)21-11-19-14-8-7-12-5-3-4-6-13(12)9-14/h3-10,18-19H,1,11H2,2H3/b16-15-. The molecule has 0 spiro atoms. The molecule has 0 saturated carbocycles. The first kappa shape index (κ1) is 15.1. The quantitative estimate of drug-likeness (QED) is 0.357. The highest BCUT2D eigenvalue weighted by Crippen LogP contribution is 2.21. The third-order valence-corrected chi connectivity index (χ3v) is 3.97. The lowest BCUT2D eigenvalue weighted by atomic mass is 10.1. The van der Waals surface area contributed by atoms with Crippen molar-refractivity contribution < 1.29 is 4.79 Å². The Labute approximate surface area is 128 Å². The van der Waals surface area contributed by atoms with Crippen molar-refractivity contribution in [3.8, 4) is 0 Å². The fourth-order valence-corrected chi connectivity index (χ4v) is 2.72. The minimum absolute atomic E-state index is 0.322. The molecular formula is C16H17N3OS. The van der Waals surface area contributed by atoms with Gasteiger partial charge in [-0.3, -0.25) is 9.79 Å². The van der Waals surface area contributed by atoms with E-state index in [2.05, 4.69) is 46.6 Å². The van der Waals surface area contributed by atoms with E-state index in [0.29, 0.717) is 22.9 Å². The Morgan fingerprint density at radius 1 is 1.29 bits per heavy atom. The Bertz CT molecular complexity index is 672. The topological polar surface area (TPSA) is 53.5 Å². The summed E-state index contributed by atoms with van der Waals surface area (Å²) in [4.78, 5) is 14.5. The fourth-order valence-electron chi connectivity index (χ4n) is 1.93. The lowest BCUT2D eigenvalue weighted by molar-refractivity contribution is -0.104. The number of aliphatic imine (C=N–C) groups is 1. The van der Waals surface area contributed by atoms with E-state index in [4.69, 9.17) is 0 Å². The smallest absolute Gasteiger partial charge is 0.171 e. The first-order valence-corrected chi connectivity index (χ1v) is 7.46. The molecule has 0 aromatic heterocycles. The number of carbonyl (C=O) groups excluding carboxylic acids is 1. The van der Waals surface area contributed by atoms with Crippen LogP contribution >= 0.6 is 11.8 Å². The number of fused-ring (bicyclic) bond motifs is 1. The number of rotatable bonds is 7. The Kier molecular flexibility index (Phi) is 5.40. The van der Waals surface area contributed by atoms with E-state index in [0.717, 1.165) is 5.69 Å². The molecule has 0 atom stereocenters. The van der Waals surface area contributed by atoms with Crippen LogP contribution in [0.2, 0.25) is 0 Å². The summed E-state index contributed by atoms with van der Waals surface area (Å²) in [5.41, 5.74) is 1.36.